The predicted molar refractivity (Wildman–Crippen MR) is 69.7 cm³/mol. The first-order valence-electron chi connectivity index (χ1n) is 6.02. The molecule has 0 aliphatic rings. The summed E-state index contributed by atoms with van der Waals surface area (Å²) in [5, 5.41) is 3.96. The van der Waals surface area contributed by atoms with Gasteiger partial charge >= 0.3 is 5.69 Å². The number of hydrogen-bond donors (Lipinski definition) is 1. The average molecular weight is 261 g/mol. The molecule has 6 nitrogen and oxygen atoms in total. The van der Waals surface area contributed by atoms with Crippen molar-refractivity contribution in [3.63, 3.8) is 0 Å². The summed E-state index contributed by atoms with van der Waals surface area (Å²) >= 11 is 0. The van der Waals surface area contributed by atoms with Crippen LogP contribution in [0.15, 0.2) is 39.9 Å². The molecule has 0 saturated heterocycles. The molecule has 19 heavy (non-hydrogen) atoms. The van der Waals surface area contributed by atoms with E-state index >= 15 is 0 Å². The quantitative estimate of drug-likeness (QED) is 0.858. The van der Waals surface area contributed by atoms with Crippen molar-refractivity contribution < 1.29 is 4.74 Å². The summed E-state index contributed by atoms with van der Waals surface area (Å²) in [5.41, 5.74) is 0.334. The highest BCUT2D eigenvalue weighted by Gasteiger charge is 2.04. The van der Waals surface area contributed by atoms with Crippen molar-refractivity contribution in [1.29, 1.82) is 0 Å². The fourth-order valence-electron chi connectivity index (χ4n) is 1.61. The second-order valence-corrected chi connectivity index (χ2v) is 4.02. The van der Waals surface area contributed by atoms with E-state index in [1.54, 1.807) is 6.92 Å². The molecule has 0 amide bonds. The van der Waals surface area contributed by atoms with Gasteiger partial charge in [0.15, 0.2) is 0 Å². The molecule has 0 unspecified atom stereocenters. The Balaban J connectivity index is 2.04. The Hall–Kier alpha value is -2.21. The zero-order valence-corrected chi connectivity index (χ0v) is 10.6. The monoisotopic (exact) mass is 261 g/mol. The van der Waals surface area contributed by atoms with Gasteiger partial charge in [0.25, 0.3) is 5.56 Å². The fraction of sp³-hybridized carbons (Fsp3) is 0.308. The number of benzene rings is 1. The molecule has 2 rings (SSSR count). The maximum atomic E-state index is 11.5. The molecule has 6 heteroatoms. The van der Waals surface area contributed by atoms with E-state index in [0.29, 0.717) is 18.7 Å². The minimum absolute atomic E-state index is 0.0114. The minimum atomic E-state index is -0.560. The Morgan fingerprint density at radius 2 is 2.00 bits per heavy atom. The zero-order chi connectivity index (χ0) is 13.7. The van der Waals surface area contributed by atoms with Gasteiger partial charge in [-0.05, 0) is 12.0 Å². The SMILES string of the molecule is CCc1nn(COCc2ccccc2)c(=O)[nH]c1=O. The molecule has 0 fully saturated rings. The van der Waals surface area contributed by atoms with Gasteiger partial charge in [-0.25, -0.2) is 4.79 Å². The molecule has 1 aromatic heterocycles. The van der Waals surface area contributed by atoms with E-state index in [2.05, 4.69) is 10.1 Å². The smallest absolute Gasteiger partial charge is 0.346 e. The van der Waals surface area contributed by atoms with Crippen molar-refractivity contribution in [2.75, 3.05) is 0 Å². The highest BCUT2D eigenvalue weighted by molar-refractivity contribution is 5.13. The third kappa shape index (κ3) is 3.38. The highest BCUT2D eigenvalue weighted by Crippen LogP contribution is 2.00. The molecule has 1 heterocycles. The summed E-state index contributed by atoms with van der Waals surface area (Å²) in [7, 11) is 0. The lowest BCUT2D eigenvalue weighted by atomic mass is 10.2. The van der Waals surface area contributed by atoms with Gasteiger partial charge in [0, 0.05) is 0 Å². The van der Waals surface area contributed by atoms with Crippen molar-refractivity contribution in [3.05, 3.63) is 62.4 Å². The second kappa shape index (κ2) is 6.10. The lowest BCUT2D eigenvalue weighted by Crippen LogP contribution is -2.35. The molecule has 0 atom stereocenters. The van der Waals surface area contributed by atoms with Crippen LogP contribution in [-0.2, 0) is 24.5 Å². The van der Waals surface area contributed by atoms with Crippen LogP contribution >= 0.6 is 0 Å². The van der Waals surface area contributed by atoms with Gasteiger partial charge < -0.3 is 4.74 Å². The van der Waals surface area contributed by atoms with E-state index in [4.69, 9.17) is 4.74 Å². The van der Waals surface area contributed by atoms with Crippen LogP contribution in [0.4, 0.5) is 0 Å². The summed E-state index contributed by atoms with van der Waals surface area (Å²) in [4.78, 5) is 25.1. The summed E-state index contributed by atoms with van der Waals surface area (Å²) in [6.45, 7) is 2.20. The van der Waals surface area contributed by atoms with Crippen molar-refractivity contribution in [2.45, 2.75) is 26.7 Å². The van der Waals surface area contributed by atoms with Gasteiger partial charge in [-0.1, -0.05) is 37.3 Å². The lowest BCUT2D eigenvalue weighted by molar-refractivity contribution is 0.0511. The molecule has 0 spiro atoms. The summed E-state index contributed by atoms with van der Waals surface area (Å²) in [6, 6.07) is 9.61. The number of H-pyrrole nitrogens is 1. The third-order valence-electron chi connectivity index (χ3n) is 2.62. The van der Waals surface area contributed by atoms with Crippen LogP contribution in [0.1, 0.15) is 18.2 Å². The second-order valence-electron chi connectivity index (χ2n) is 4.02. The maximum absolute atomic E-state index is 11.5. The van der Waals surface area contributed by atoms with Crippen molar-refractivity contribution in [3.8, 4) is 0 Å². The minimum Gasteiger partial charge on any atom is -0.354 e. The summed E-state index contributed by atoms with van der Waals surface area (Å²) in [6.07, 6.45) is 0.467. The van der Waals surface area contributed by atoms with Crippen LogP contribution in [-0.4, -0.2) is 14.8 Å². The van der Waals surface area contributed by atoms with Crippen LogP contribution in [0.5, 0.6) is 0 Å². The summed E-state index contributed by atoms with van der Waals surface area (Å²) < 4.78 is 6.52. The standard InChI is InChI=1S/C13H15N3O3/c1-2-11-12(17)14-13(18)16(15-11)9-19-8-10-6-4-3-5-7-10/h3-7H,2,8-9H2,1H3,(H,14,17,18). The van der Waals surface area contributed by atoms with E-state index in [9.17, 15) is 9.59 Å². The van der Waals surface area contributed by atoms with Crippen LogP contribution in [0.25, 0.3) is 0 Å². The first-order valence-corrected chi connectivity index (χ1v) is 6.02. The number of aromatic amines is 1. The Morgan fingerprint density at radius 3 is 2.68 bits per heavy atom. The van der Waals surface area contributed by atoms with Crippen molar-refractivity contribution in [2.24, 2.45) is 0 Å². The van der Waals surface area contributed by atoms with Gasteiger partial charge in [0.05, 0.1) is 6.61 Å². The van der Waals surface area contributed by atoms with Crippen molar-refractivity contribution >= 4 is 0 Å². The Kier molecular flexibility index (Phi) is 4.25. The number of hydrogen-bond acceptors (Lipinski definition) is 4. The summed E-state index contributed by atoms with van der Waals surface area (Å²) in [5.74, 6) is 0. The maximum Gasteiger partial charge on any atom is 0.346 e. The van der Waals surface area contributed by atoms with Crippen LogP contribution in [0.3, 0.4) is 0 Å². The van der Waals surface area contributed by atoms with Gasteiger partial charge in [-0.15, -0.1) is 0 Å². The van der Waals surface area contributed by atoms with E-state index in [1.807, 2.05) is 30.3 Å². The van der Waals surface area contributed by atoms with Gasteiger partial charge in [-0.3, -0.25) is 9.78 Å². The van der Waals surface area contributed by atoms with Gasteiger partial charge in [-0.2, -0.15) is 9.78 Å². The topological polar surface area (TPSA) is 77.0 Å². The normalized spacial score (nSPS) is 10.6. The van der Waals surface area contributed by atoms with Gasteiger partial charge in [0.2, 0.25) is 0 Å². The van der Waals surface area contributed by atoms with Crippen molar-refractivity contribution in [1.82, 2.24) is 14.8 Å². The van der Waals surface area contributed by atoms with E-state index in [-0.39, 0.29) is 6.73 Å². The zero-order valence-electron chi connectivity index (χ0n) is 10.6. The third-order valence-corrected chi connectivity index (χ3v) is 2.62. The number of aryl methyl sites for hydroxylation is 1. The first-order chi connectivity index (χ1) is 9.20. The Labute approximate surface area is 109 Å². The Bertz CT molecular complexity index is 646. The molecule has 0 bridgehead atoms. The average Bonchev–Trinajstić information content (AvgIpc) is 2.42. The largest absolute Gasteiger partial charge is 0.354 e. The van der Waals surface area contributed by atoms with E-state index in [1.165, 1.54) is 0 Å². The van der Waals surface area contributed by atoms with Crippen LogP contribution in [0, 0.1) is 0 Å². The molecule has 0 aliphatic heterocycles. The predicted octanol–water partition coefficient (Wildman–Crippen LogP) is 0.668. The number of nitrogens with one attached hydrogen (secondary N) is 1. The Morgan fingerprint density at radius 1 is 1.26 bits per heavy atom. The van der Waals surface area contributed by atoms with E-state index < -0.39 is 11.2 Å². The van der Waals surface area contributed by atoms with Crippen LogP contribution in [0.2, 0.25) is 0 Å². The van der Waals surface area contributed by atoms with E-state index in [0.717, 1.165) is 10.2 Å². The molecule has 1 N–H and O–H groups in total. The van der Waals surface area contributed by atoms with Gasteiger partial charge in [0.1, 0.15) is 12.4 Å². The molecular formula is C13H15N3O3. The number of nitrogens with zero attached hydrogens (tertiary/aromatic N) is 2. The molecule has 2 aromatic rings. The fourth-order valence-corrected chi connectivity index (χ4v) is 1.61. The number of ether oxygens (including phenoxy) is 1. The molecule has 0 saturated carbocycles. The molecule has 1 aromatic carbocycles. The lowest BCUT2D eigenvalue weighted by Gasteiger charge is -2.06. The molecular weight excluding hydrogens is 246 g/mol. The number of aromatic nitrogens is 3. The molecule has 0 aliphatic carbocycles. The first kappa shape index (κ1) is 13.2. The molecule has 100 valence electrons. The van der Waals surface area contributed by atoms with Crippen LogP contribution < -0.4 is 11.2 Å². The highest BCUT2D eigenvalue weighted by atomic mass is 16.5. The molecule has 0 radical (unpaired) electrons. The number of rotatable bonds is 5.